The highest BCUT2D eigenvalue weighted by molar-refractivity contribution is 7.47. The van der Waals surface area contributed by atoms with E-state index in [1.165, 1.54) is 83.5 Å². The Morgan fingerprint density at radius 2 is 0.694 bits per heavy atom. The zero-order chi connectivity index (χ0) is 63.1. The fourth-order valence-electron chi connectivity index (χ4n) is 9.26. The zero-order valence-corrected chi connectivity index (χ0v) is 56.3. The van der Waals surface area contributed by atoms with Gasteiger partial charge in [0.2, 0.25) is 0 Å². The summed E-state index contributed by atoms with van der Waals surface area (Å²) in [5.74, 6) is -0.0429. The number of phosphoric ester groups is 2. The van der Waals surface area contributed by atoms with E-state index in [0.717, 1.165) is 121 Å². The Morgan fingerprint density at radius 1 is 0.388 bits per heavy atom. The Hall–Kier alpha value is -2.46. The van der Waals surface area contributed by atoms with Gasteiger partial charge in [-0.15, -0.1) is 0 Å². The third-order valence-corrected chi connectivity index (χ3v) is 16.8. The molecule has 17 nitrogen and oxygen atoms in total. The first-order valence-corrected chi connectivity index (χ1v) is 36.7. The molecule has 0 aromatic rings. The fourth-order valence-corrected chi connectivity index (χ4v) is 10.8. The van der Waals surface area contributed by atoms with Crippen molar-refractivity contribution in [2.75, 3.05) is 39.6 Å². The van der Waals surface area contributed by atoms with E-state index < -0.39 is 97.5 Å². The first-order valence-electron chi connectivity index (χ1n) is 33.7. The van der Waals surface area contributed by atoms with Crippen molar-refractivity contribution < 1.29 is 80.2 Å². The van der Waals surface area contributed by atoms with E-state index in [2.05, 4.69) is 72.8 Å². The third kappa shape index (κ3) is 59.0. The quantitative estimate of drug-likeness (QED) is 0.0169. The average molecular weight is 1250 g/mol. The van der Waals surface area contributed by atoms with Gasteiger partial charge in [0, 0.05) is 25.7 Å². The highest BCUT2D eigenvalue weighted by Crippen LogP contribution is 2.45. The van der Waals surface area contributed by atoms with Gasteiger partial charge in [-0.3, -0.25) is 37.3 Å². The van der Waals surface area contributed by atoms with Gasteiger partial charge in [-0.1, -0.05) is 246 Å². The van der Waals surface area contributed by atoms with Gasteiger partial charge < -0.3 is 33.8 Å². The van der Waals surface area contributed by atoms with E-state index in [4.69, 9.17) is 37.0 Å². The maximum absolute atomic E-state index is 13.0. The summed E-state index contributed by atoms with van der Waals surface area (Å²) in [6, 6.07) is 0. The van der Waals surface area contributed by atoms with Gasteiger partial charge in [0.05, 0.1) is 26.4 Å². The molecule has 0 amide bonds. The van der Waals surface area contributed by atoms with Crippen LogP contribution in [-0.4, -0.2) is 96.7 Å². The van der Waals surface area contributed by atoms with Crippen LogP contribution in [0.25, 0.3) is 0 Å². The zero-order valence-electron chi connectivity index (χ0n) is 54.5. The van der Waals surface area contributed by atoms with Gasteiger partial charge in [-0.25, -0.2) is 9.13 Å². The second-order valence-electron chi connectivity index (χ2n) is 24.4. The molecule has 19 heteroatoms. The van der Waals surface area contributed by atoms with E-state index in [-0.39, 0.29) is 25.7 Å². The summed E-state index contributed by atoms with van der Waals surface area (Å²) in [5, 5.41) is 10.5. The molecule has 0 aliphatic rings. The number of carbonyl (C=O) groups is 4. The molecule has 0 fully saturated rings. The van der Waals surface area contributed by atoms with Crippen LogP contribution in [0.3, 0.4) is 0 Å². The number of aliphatic hydroxyl groups excluding tert-OH is 1. The molecular formula is C66H124O17P2. The molecule has 0 saturated carbocycles. The summed E-state index contributed by atoms with van der Waals surface area (Å²) in [4.78, 5) is 72.2. The van der Waals surface area contributed by atoms with Crippen molar-refractivity contribution in [3.63, 3.8) is 0 Å². The van der Waals surface area contributed by atoms with Gasteiger partial charge in [0.1, 0.15) is 19.3 Å². The van der Waals surface area contributed by atoms with Gasteiger partial charge in [-0.05, 0) is 69.1 Å². The average Bonchev–Trinajstić information content (AvgIpc) is 3.52. The van der Waals surface area contributed by atoms with Crippen molar-refractivity contribution in [2.45, 2.75) is 317 Å². The molecule has 0 spiro atoms. The predicted molar refractivity (Wildman–Crippen MR) is 340 cm³/mol. The summed E-state index contributed by atoms with van der Waals surface area (Å²) in [5.41, 5.74) is 0. The van der Waals surface area contributed by atoms with Gasteiger partial charge >= 0.3 is 39.5 Å². The predicted octanol–water partition coefficient (Wildman–Crippen LogP) is 17.8. The molecule has 0 rings (SSSR count). The number of hydrogen-bond donors (Lipinski definition) is 3. The van der Waals surface area contributed by atoms with Crippen LogP contribution in [0.5, 0.6) is 0 Å². The lowest BCUT2D eigenvalue weighted by molar-refractivity contribution is -0.161. The standard InChI is InChI=1S/C66H124O17P2/c1-8-10-11-12-13-14-15-16-17-18-19-20-25-35-42-49-65(70)82-61(53-76-63(68)47-40-33-26-21-23-30-37-44-57(3)4)55-80-84(72,73)78-51-60(67)52-79-85(74,75)81-56-62(83-66(71)50-43-36-27-22-24-31-38-45-58(5)6)54-77-64(69)48-41-34-29-28-32-39-46-59(7)9-2/h14-17,57-62,67H,8-13,18-56H2,1-7H3,(H,72,73)(H,74,75)/b15-14-,17-16-/t59?,60-,61-,62-/m1/s1. The lowest BCUT2D eigenvalue weighted by Crippen LogP contribution is -2.30. The Kier molecular flexibility index (Phi) is 55.1. The lowest BCUT2D eigenvalue weighted by atomic mass is 10.00. The summed E-state index contributed by atoms with van der Waals surface area (Å²) in [7, 11) is -9.90. The molecule has 500 valence electrons. The lowest BCUT2D eigenvalue weighted by Gasteiger charge is -2.21. The first kappa shape index (κ1) is 82.5. The van der Waals surface area contributed by atoms with E-state index in [0.29, 0.717) is 37.5 Å². The topological polar surface area (TPSA) is 237 Å². The Bertz CT molecular complexity index is 1780. The molecule has 6 atom stereocenters. The van der Waals surface area contributed by atoms with Gasteiger partial charge in [0.15, 0.2) is 12.2 Å². The number of unbranched alkanes of at least 4 members (excludes halogenated alkanes) is 26. The van der Waals surface area contributed by atoms with Crippen molar-refractivity contribution >= 4 is 39.5 Å². The smallest absolute Gasteiger partial charge is 0.462 e. The number of esters is 4. The van der Waals surface area contributed by atoms with Crippen LogP contribution in [0.15, 0.2) is 24.3 Å². The summed E-state index contributed by atoms with van der Waals surface area (Å²) in [6.07, 6.45) is 41.4. The van der Waals surface area contributed by atoms with Crippen molar-refractivity contribution in [1.29, 1.82) is 0 Å². The van der Waals surface area contributed by atoms with E-state index in [9.17, 15) is 43.2 Å². The molecule has 0 heterocycles. The minimum Gasteiger partial charge on any atom is -0.462 e. The van der Waals surface area contributed by atoms with Crippen LogP contribution in [0.4, 0.5) is 0 Å². The highest BCUT2D eigenvalue weighted by Gasteiger charge is 2.30. The van der Waals surface area contributed by atoms with E-state index in [1.54, 1.807) is 0 Å². The Labute approximate surface area is 516 Å². The molecule has 0 saturated heterocycles. The second kappa shape index (κ2) is 56.8. The Morgan fingerprint density at radius 3 is 1.05 bits per heavy atom. The third-order valence-electron chi connectivity index (χ3n) is 14.9. The van der Waals surface area contributed by atoms with Crippen molar-refractivity contribution in [1.82, 2.24) is 0 Å². The van der Waals surface area contributed by atoms with E-state index >= 15 is 0 Å². The number of phosphoric acid groups is 2. The molecule has 0 radical (unpaired) electrons. The minimum atomic E-state index is -4.96. The van der Waals surface area contributed by atoms with Crippen molar-refractivity contribution in [3.8, 4) is 0 Å². The SMILES string of the molecule is CCCCCC/C=C\C=C/CCCCCCCC(=O)O[C@H](COC(=O)CCCCCCCCCC(C)C)COP(=O)(O)OC[C@@H](O)COP(=O)(O)OC[C@@H](COC(=O)CCCCCCCCC(C)CC)OC(=O)CCCCCCCCCC(C)C. The minimum absolute atomic E-state index is 0.0834. The number of allylic oxidation sites excluding steroid dienone is 4. The molecule has 3 unspecified atom stereocenters. The van der Waals surface area contributed by atoms with Crippen molar-refractivity contribution in [3.05, 3.63) is 24.3 Å². The van der Waals surface area contributed by atoms with Crippen LogP contribution in [-0.2, 0) is 65.4 Å². The molecule has 0 bridgehead atoms. The monoisotopic (exact) mass is 1250 g/mol. The maximum Gasteiger partial charge on any atom is 0.472 e. The summed E-state index contributed by atoms with van der Waals surface area (Å²) >= 11 is 0. The molecule has 0 aliphatic heterocycles. The van der Waals surface area contributed by atoms with Gasteiger partial charge in [-0.2, -0.15) is 0 Å². The number of carbonyl (C=O) groups excluding carboxylic acids is 4. The number of aliphatic hydroxyl groups is 1. The molecular weight excluding hydrogens is 1130 g/mol. The highest BCUT2D eigenvalue weighted by atomic mass is 31.2. The molecule has 0 aromatic carbocycles. The molecule has 3 N–H and O–H groups in total. The summed E-state index contributed by atoms with van der Waals surface area (Å²) in [6.45, 7) is 11.6. The molecule has 0 aromatic heterocycles. The maximum atomic E-state index is 13.0. The number of ether oxygens (including phenoxy) is 4. The van der Waals surface area contributed by atoms with Crippen LogP contribution >= 0.6 is 15.6 Å². The number of rotatable bonds is 62. The van der Waals surface area contributed by atoms with Crippen LogP contribution < -0.4 is 0 Å². The largest absolute Gasteiger partial charge is 0.472 e. The van der Waals surface area contributed by atoms with Crippen LogP contribution in [0.2, 0.25) is 0 Å². The Balaban J connectivity index is 5.28. The van der Waals surface area contributed by atoms with Gasteiger partial charge in [0.25, 0.3) is 0 Å². The normalized spacial score (nSPS) is 14.8. The number of hydrogen-bond acceptors (Lipinski definition) is 15. The van der Waals surface area contributed by atoms with Crippen molar-refractivity contribution in [2.24, 2.45) is 17.8 Å². The fraction of sp³-hybridized carbons (Fsp3) is 0.879. The van der Waals surface area contributed by atoms with Crippen LogP contribution in [0, 0.1) is 17.8 Å². The second-order valence-corrected chi connectivity index (χ2v) is 27.3. The molecule has 0 aliphatic carbocycles. The first-order chi connectivity index (χ1) is 40.8. The van der Waals surface area contributed by atoms with Crippen LogP contribution in [0.1, 0.15) is 299 Å². The summed E-state index contributed by atoms with van der Waals surface area (Å²) < 4.78 is 68.0. The molecule has 85 heavy (non-hydrogen) atoms. The van der Waals surface area contributed by atoms with E-state index in [1.807, 2.05) is 0 Å².